The number of halogens is 1. The molecule has 6 nitrogen and oxygen atoms in total. The molecule has 0 unspecified atom stereocenters. The van der Waals surface area contributed by atoms with Gasteiger partial charge in [0.1, 0.15) is 23.9 Å². The molecule has 1 aromatic carbocycles. The van der Waals surface area contributed by atoms with Crippen molar-refractivity contribution in [3.05, 3.63) is 58.0 Å². The van der Waals surface area contributed by atoms with Crippen LogP contribution in [0.4, 0.5) is 10.2 Å². The molecule has 2 rings (SSSR count). The molecular formula is C14H13FN2O4. The summed E-state index contributed by atoms with van der Waals surface area (Å²) in [6.07, 6.45) is 0.664. The van der Waals surface area contributed by atoms with Crippen molar-refractivity contribution in [2.45, 2.75) is 13.0 Å². The van der Waals surface area contributed by atoms with Gasteiger partial charge in [-0.15, -0.1) is 0 Å². The first-order valence-corrected chi connectivity index (χ1v) is 6.12. The molecule has 21 heavy (non-hydrogen) atoms. The number of pyridine rings is 1. The summed E-state index contributed by atoms with van der Waals surface area (Å²) in [5.41, 5.74) is 0.454. The van der Waals surface area contributed by atoms with Crippen LogP contribution in [0.3, 0.4) is 0 Å². The van der Waals surface area contributed by atoms with Crippen LogP contribution in [-0.4, -0.2) is 17.0 Å². The van der Waals surface area contributed by atoms with E-state index in [1.807, 2.05) is 0 Å². The van der Waals surface area contributed by atoms with Gasteiger partial charge >= 0.3 is 5.82 Å². The molecule has 1 aromatic heterocycles. The molecule has 0 amide bonds. The van der Waals surface area contributed by atoms with Crippen LogP contribution in [0.25, 0.3) is 0 Å². The van der Waals surface area contributed by atoms with Gasteiger partial charge in [0.05, 0.1) is 7.11 Å². The second-order valence-electron chi connectivity index (χ2n) is 4.23. The Morgan fingerprint density at radius 2 is 2.10 bits per heavy atom. The Morgan fingerprint density at radius 1 is 1.33 bits per heavy atom. The molecule has 2 aromatic rings. The van der Waals surface area contributed by atoms with Gasteiger partial charge in [0, 0.05) is 5.56 Å². The zero-order valence-electron chi connectivity index (χ0n) is 11.4. The van der Waals surface area contributed by atoms with Crippen molar-refractivity contribution in [1.82, 2.24) is 4.98 Å². The van der Waals surface area contributed by atoms with Crippen LogP contribution in [0.5, 0.6) is 11.5 Å². The van der Waals surface area contributed by atoms with Crippen molar-refractivity contribution in [2.24, 2.45) is 0 Å². The maximum Gasteiger partial charge on any atom is 0.406 e. The number of hydrogen-bond acceptors (Lipinski definition) is 5. The van der Waals surface area contributed by atoms with E-state index in [9.17, 15) is 14.5 Å². The Kier molecular flexibility index (Phi) is 4.32. The summed E-state index contributed by atoms with van der Waals surface area (Å²) < 4.78 is 24.0. The fourth-order valence-corrected chi connectivity index (χ4v) is 1.89. The normalized spacial score (nSPS) is 11.8. The monoisotopic (exact) mass is 292 g/mol. The van der Waals surface area contributed by atoms with Gasteiger partial charge in [-0.05, 0) is 47.2 Å². The highest BCUT2D eigenvalue weighted by molar-refractivity contribution is 5.41. The topological polar surface area (TPSA) is 74.5 Å². The minimum Gasteiger partial charge on any atom is -0.496 e. The third-order valence-electron chi connectivity index (χ3n) is 2.86. The van der Waals surface area contributed by atoms with Gasteiger partial charge < -0.3 is 19.6 Å². The summed E-state index contributed by atoms with van der Waals surface area (Å²) in [6, 6.07) is 6.97. The molecule has 0 spiro atoms. The molecule has 1 heterocycles. The summed E-state index contributed by atoms with van der Waals surface area (Å²) in [7, 11) is 1.45. The predicted molar refractivity (Wildman–Crippen MR) is 72.9 cm³/mol. The summed E-state index contributed by atoms with van der Waals surface area (Å²) in [5.74, 6) is -0.376. The van der Waals surface area contributed by atoms with Crippen LogP contribution in [0.1, 0.15) is 18.6 Å². The van der Waals surface area contributed by atoms with Crippen LogP contribution >= 0.6 is 0 Å². The molecule has 1 atom stereocenters. The van der Waals surface area contributed by atoms with Crippen molar-refractivity contribution in [3.63, 3.8) is 0 Å². The molecular weight excluding hydrogens is 279 g/mol. The van der Waals surface area contributed by atoms with E-state index >= 15 is 0 Å². The second-order valence-corrected chi connectivity index (χ2v) is 4.23. The molecule has 0 aliphatic heterocycles. The van der Waals surface area contributed by atoms with Gasteiger partial charge in [0.2, 0.25) is 5.75 Å². The van der Waals surface area contributed by atoms with Gasteiger partial charge in [0.25, 0.3) is 0 Å². The zero-order valence-corrected chi connectivity index (χ0v) is 11.4. The lowest BCUT2D eigenvalue weighted by molar-refractivity contribution is -0.390. The molecule has 0 aliphatic rings. The lowest BCUT2D eigenvalue weighted by atomic mass is 10.1. The van der Waals surface area contributed by atoms with Crippen LogP contribution in [-0.2, 0) is 0 Å². The van der Waals surface area contributed by atoms with E-state index in [4.69, 9.17) is 9.47 Å². The van der Waals surface area contributed by atoms with Crippen molar-refractivity contribution < 1.29 is 18.8 Å². The largest absolute Gasteiger partial charge is 0.496 e. The van der Waals surface area contributed by atoms with Crippen molar-refractivity contribution >= 4 is 5.82 Å². The van der Waals surface area contributed by atoms with Gasteiger partial charge in [-0.25, -0.2) is 4.39 Å². The van der Waals surface area contributed by atoms with E-state index in [-0.39, 0.29) is 11.6 Å². The first-order chi connectivity index (χ1) is 10.0. The number of rotatable bonds is 5. The van der Waals surface area contributed by atoms with Crippen molar-refractivity contribution in [1.29, 1.82) is 0 Å². The molecule has 0 fully saturated rings. The van der Waals surface area contributed by atoms with E-state index in [0.29, 0.717) is 11.3 Å². The quantitative estimate of drug-likeness (QED) is 0.624. The lowest BCUT2D eigenvalue weighted by Gasteiger charge is -2.17. The maximum atomic E-state index is 13.4. The van der Waals surface area contributed by atoms with Gasteiger partial charge in [-0.2, -0.15) is 0 Å². The SMILES string of the molecule is COc1ccc(F)cc1[C@@H](C)Oc1cccnc1[N+](=O)[O-]. The number of ether oxygens (including phenoxy) is 2. The predicted octanol–water partition coefficient (Wildman–Crippen LogP) is 3.28. The Hall–Kier alpha value is -2.70. The van der Waals surface area contributed by atoms with Crippen LogP contribution in [0.2, 0.25) is 0 Å². The van der Waals surface area contributed by atoms with Gasteiger partial charge in [-0.1, -0.05) is 0 Å². The van der Waals surface area contributed by atoms with E-state index in [1.165, 1.54) is 43.6 Å². The zero-order chi connectivity index (χ0) is 15.4. The molecule has 0 N–H and O–H groups in total. The molecule has 0 saturated carbocycles. The van der Waals surface area contributed by atoms with Crippen molar-refractivity contribution in [3.8, 4) is 11.5 Å². The fourth-order valence-electron chi connectivity index (χ4n) is 1.89. The average molecular weight is 292 g/mol. The highest BCUT2D eigenvalue weighted by atomic mass is 19.1. The summed E-state index contributed by atoms with van der Waals surface area (Å²) in [5, 5.41) is 10.9. The summed E-state index contributed by atoms with van der Waals surface area (Å²) in [4.78, 5) is 13.9. The average Bonchev–Trinajstić information content (AvgIpc) is 2.47. The Bertz CT molecular complexity index is 663. The highest BCUT2D eigenvalue weighted by Crippen LogP contribution is 2.32. The third-order valence-corrected chi connectivity index (χ3v) is 2.86. The minimum absolute atomic E-state index is 0.0151. The molecule has 0 bridgehead atoms. The first kappa shape index (κ1) is 14.7. The summed E-state index contributed by atoms with van der Waals surface area (Å²) >= 11 is 0. The molecule has 0 radical (unpaired) electrons. The Labute approximate surface area is 120 Å². The summed E-state index contributed by atoms with van der Waals surface area (Å²) in [6.45, 7) is 1.65. The smallest absolute Gasteiger partial charge is 0.406 e. The Balaban J connectivity index is 2.32. The standard InChI is InChI=1S/C14H13FN2O4/c1-9(11-8-10(15)5-6-12(11)20-2)21-13-4-3-7-16-14(13)17(18)19/h3-9H,1-2H3/t9-/m1/s1. The van der Waals surface area contributed by atoms with Gasteiger partial charge in [0.15, 0.2) is 0 Å². The minimum atomic E-state index is -0.640. The highest BCUT2D eigenvalue weighted by Gasteiger charge is 2.20. The van der Waals surface area contributed by atoms with Crippen LogP contribution < -0.4 is 9.47 Å². The molecule has 0 aliphatic carbocycles. The maximum absolute atomic E-state index is 13.4. The Morgan fingerprint density at radius 3 is 2.76 bits per heavy atom. The number of hydrogen-bond donors (Lipinski definition) is 0. The first-order valence-electron chi connectivity index (χ1n) is 6.12. The number of nitrogens with zero attached hydrogens (tertiary/aromatic N) is 2. The van der Waals surface area contributed by atoms with Crippen LogP contribution in [0.15, 0.2) is 36.5 Å². The van der Waals surface area contributed by atoms with Gasteiger partial charge in [-0.3, -0.25) is 0 Å². The number of aromatic nitrogens is 1. The van der Waals surface area contributed by atoms with Crippen LogP contribution in [0, 0.1) is 15.9 Å². The molecule has 7 heteroatoms. The van der Waals surface area contributed by atoms with E-state index in [2.05, 4.69) is 4.98 Å². The number of nitro groups is 1. The van der Waals surface area contributed by atoms with Crippen molar-refractivity contribution in [2.75, 3.05) is 7.11 Å². The third kappa shape index (κ3) is 3.25. The second kappa shape index (κ2) is 6.17. The van der Waals surface area contributed by atoms with E-state index in [0.717, 1.165) is 0 Å². The van der Waals surface area contributed by atoms with E-state index < -0.39 is 16.8 Å². The molecule has 110 valence electrons. The number of methoxy groups -OCH3 is 1. The molecule has 0 saturated heterocycles. The van der Waals surface area contributed by atoms with E-state index in [1.54, 1.807) is 6.92 Å². The fraction of sp³-hybridized carbons (Fsp3) is 0.214. The lowest BCUT2D eigenvalue weighted by Crippen LogP contribution is -2.07. The number of benzene rings is 1.